The van der Waals surface area contributed by atoms with E-state index in [0.29, 0.717) is 24.3 Å². The van der Waals surface area contributed by atoms with Gasteiger partial charge in [0.15, 0.2) is 5.78 Å². The number of nitrogens with zero attached hydrogens (tertiary/aromatic N) is 2. The van der Waals surface area contributed by atoms with Crippen molar-refractivity contribution in [2.75, 3.05) is 6.54 Å². The first-order chi connectivity index (χ1) is 8.99. The topological polar surface area (TPSA) is 79.2 Å². The second-order valence-corrected chi connectivity index (χ2v) is 5.25. The predicted octanol–water partition coefficient (Wildman–Crippen LogP) is 2.37. The lowest BCUT2D eigenvalue weighted by Crippen LogP contribution is -2.46. The van der Waals surface area contributed by atoms with Gasteiger partial charge in [0.25, 0.3) is 5.69 Å². The first-order valence-electron chi connectivity index (χ1n) is 6.60. The Labute approximate surface area is 111 Å². The zero-order chi connectivity index (χ0) is 14.0. The van der Waals surface area contributed by atoms with Gasteiger partial charge < -0.3 is 4.98 Å². The van der Waals surface area contributed by atoms with Crippen molar-refractivity contribution < 1.29 is 9.72 Å². The molecule has 1 fully saturated rings. The summed E-state index contributed by atoms with van der Waals surface area (Å²) in [7, 11) is 0. The number of hydrogen-bond acceptors (Lipinski definition) is 4. The molecule has 0 unspecified atom stereocenters. The van der Waals surface area contributed by atoms with Gasteiger partial charge in [-0.05, 0) is 26.7 Å². The summed E-state index contributed by atoms with van der Waals surface area (Å²) >= 11 is 0. The summed E-state index contributed by atoms with van der Waals surface area (Å²) in [5, 5.41) is 10.6. The number of aromatic nitrogens is 1. The quantitative estimate of drug-likeness (QED) is 0.515. The van der Waals surface area contributed by atoms with E-state index in [0.717, 1.165) is 12.8 Å². The number of hydrogen-bond donors (Lipinski definition) is 1. The third-order valence-electron chi connectivity index (χ3n) is 3.88. The second-order valence-electron chi connectivity index (χ2n) is 5.25. The minimum absolute atomic E-state index is 0.0666. The van der Waals surface area contributed by atoms with Crippen molar-refractivity contribution in [1.29, 1.82) is 0 Å². The molecule has 0 radical (unpaired) electrons. The van der Waals surface area contributed by atoms with E-state index < -0.39 is 4.92 Å². The molecule has 2 atom stereocenters. The average molecular weight is 265 g/mol. The number of rotatable bonds is 4. The fourth-order valence-electron chi connectivity index (χ4n) is 2.69. The normalized spacial score (nSPS) is 24.3. The van der Waals surface area contributed by atoms with E-state index in [1.54, 1.807) is 0 Å². The van der Waals surface area contributed by atoms with Crippen LogP contribution in [0.3, 0.4) is 0 Å². The SMILES string of the molecule is C[C@@H]1CCC[C@H](C)N1CC(=O)c1cc([N+](=O)[O-])c[nH]1. The van der Waals surface area contributed by atoms with Crippen molar-refractivity contribution in [1.82, 2.24) is 9.88 Å². The Kier molecular flexibility index (Phi) is 3.99. The Balaban J connectivity index is 2.05. The van der Waals surface area contributed by atoms with Gasteiger partial charge in [-0.3, -0.25) is 19.8 Å². The summed E-state index contributed by atoms with van der Waals surface area (Å²) in [4.78, 5) is 27.1. The highest BCUT2D eigenvalue weighted by atomic mass is 16.6. The lowest BCUT2D eigenvalue weighted by atomic mass is 9.97. The number of nitrogens with one attached hydrogen (secondary N) is 1. The number of carbonyl (C=O) groups is 1. The van der Waals surface area contributed by atoms with Crippen LogP contribution in [0.2, 0.25) is 0 Å². The van der Waals surface area contributed by atoms with Gasteiger partial charge in [-0.15, -0.1) is 0 Å². The van der Waals surface area contributed by atoms with E-state index in [-0.39, 0.29) is 11.5 Å². The number of Topliss-reactive ketones (excluding diaryl/α,β-unsaturated/α-hetero) is 1. The van der Waals surface area contributed by atoms with E-state index in [4.69, 9.17) is 0 Å². The van der Waals surface area contributed by atoms with Crippen LogP contribution in [0.1, 0.15) is 43.6 Å². The van der Waals surface area contributed by atoms with E-state index in [2.05, 4.69) is 23.7 Å². The lowest BCUT2D eigenvalue weighted by Gasteiger charge is -2.38. The molecule has 1 aliphatic rings. The van der Waals surface area contributed by atoms with Crippen LogP contribution in [0.15, 0.2) is 12.3 Å². The molecular formula is C13H19N3O3. The molecule has 0 bridgehead atoms. The molecule has 0 amide bonds. The van der Waals surface area contributed by atoms with Crippen LogP contribution >= 0.6 is 0 Å². The van der Waals surface area contributed by atoms with Crippen LogP contribution in [0.25, 0.3) is 0 Å². The highest BCUT2D eigenvalue weighted by molar-refractivity contribution is 5.96. The van der Waals surface area contributed by atoms with Crippen molar-refractivity contribution in [3.63, 3.8) is 0 Å². The molecular weight excluding hydrogens is 246 g/mol. The maximum absolute atomic E-state index is 12.1. The molecule has 0 saturated carbocycles. The molecule has 1 N–H and O–H groups in total. The fourth-order valence-corrected chi connectivity index (χ4v) is 2.69. The summed E-state index contributed by atoms with van der Waals surface area (Å²) in [5.41, 5.74) is 0.250. The summed E-state index contributed by atoms with van der Waals surface area (Å²) < 4.78 is 0. The molecule has 19 heavy (non-hydrogen) atoms. The first kappa shape index (κ1) is 13.7. The minimum atomic E-state index is -0.501. The van der Waals surface area contributed by atoms with E-state index in [1.165, 1.54) is 18.7 Å². The van der Waals surface area contributed by atoms with E-state index in [9.17, 15) is 14.9 Å². The highest BCUT2D eigenvalue weighted by Gasteiger charge is 2.27. The predicted molar refractivity (Wildman–Crippen MR) is 71.3 cm³/mol. The zero-order valence-electron chi connectivity index (χ0n) is 11.3. The van der Waals surface area contributed by atoms with E-state index >= 15 is 0 Å². The molecule has 1 aromatic heterocycles. The molecule has 1 aromatic rings. The number of H-pyrrole nitrogens is 1. The minimum Gasteiger partial charge on any atom is -0.353 e. The van der Waals surface area contributed by atoms with Gasteiger partial charge in [0, 0.05) is 18.2 Å². The molecule has 104 valence electrons. The molecule has 1 saturated heterocycles. The summed E-state index contributed by atoms with van der Waals surface area (Å²) in [6, 6.07) is 2.08. The molecule has 1 aliphatic heterocycles. The van der Waals surface area contributed by atoms with Crippen LogP contribution in [-0.2, 0) is 0 Å². The van der Waals surface area contributed by atoms with Gasteiger partial charge in [-0.2, -0.15) is 0 Å². The standard InChI is InChI=1S/C13H19N3O3/c1-9-4-3-5-10(2)15(9)8-13(17)12-6-11(7-14-12)16(18)19/h6-7,9-10,14H,3-5,8H2,1-2H3/t9-,10+. The second kappa shape index (κ2) is 5.52. The van der Waals surface area contributed by atoms with Crippen LogP contribution in [0.4, 0.5) is 5.69 Å². The van der Waals surface area contributed by atoms with Gasteiger partial charge >= 0.3 is 0 Å². The van der Waals surface area contributed by atoms with Gasteiger partial charge in [0.05, 0.1) is 23.4 Å². The molecule has 0 aliphatic carbocycles. The van der Waals surface area contributed by atoms with Crippen LogP contribution in [0, 0.1) is 10.1 Å². The number of ketones is 1. The van der Waals surface area contributed by atoms with Crippen LogP contribution in [0.5, 0.6) is 0 Å². The average Bonchev–Trinajstić information content (AvgIpc) is 2.83. The third kappa shape index (κ3) is 3.01. The molecule has 6 nitrogen and oxygen atoms in total. The van der Waals surface area contributed by atoms with Crippen molar-refractivity contribution >= 4 is 11.5 Å². The van der Waals surface area contributed by atoms with Gasteiger partial charge in [-0.25, -0.2) is 0 Å². The smallest absolute Gasteiger partial charge is 0.287 e. The Bertz CT molecular complexity index is 473. The summed E-state index contributed by atoms with van der Waals surface area (Å²) in [6.45, 7) is 4.57. The van der Waals surface area contributed by atoms with Crippen molar-refractivity contribution in [2.24, 2.45) is 0 Å². The van der Waals surface area contributed by atoms with Crippen molar-refractivity contribution in [3.05, 3.63) is 28.1 Å². The Hall–Kier alpha value is -1.69. The number of likely N-dealkylation sites (tertiary alicyclic amines) is 1. The summed E-state index contributed by atoms with van der Waals surface area (Å²) in [5.74, 6) is -0.0892. The maximum Gasteiger partial charge on any atom is 0.287 e. The number of aromatic amines is 1. The lowest BCUT2D eigenvalue weighted by molar-refractivity contribution is -0.384. The van der Waals surface area contributed by atoms with Gasteiger partial charge in [0.1, 0.15) is 0 Å². The van der Waals surface area contributed by atoms with Gasteiger partial charge in [-0.1, -0.05) is 6.42 Å². The molecule has 2 heterocycles. The fraction of sp³-hybridized carbons (Fsp3) is 0.615. The molecule has 2 rings (SSSR count). The maximum atomic E-state index is 12.1. The Morgan fingerprint density at radius 3 is 2.63 bits per heavy atom. The number of carbonyl (C=O) groups excluding carboxylic acids is 1. The zero-order valence-corrected chi connectivity index (χ0v) is 11.3. The van der Waals surface area contributed by atoms with Crippen LogP contribution in [-0.4, -0.2) is 39.2 Å². The highest BCUT2D eigenvalue weighted by Crippen LogP contribution is 2.23. The Morgan fingerprint density at radius 1 is 1.47 bits per heavy atom. The molecule has 6 heteroatoms. The largest absolute Gasteiger partial charge is 0.353 e. The summed E-state index contributed by atoms with van der Waals surface area (Å²) in [6.07, 6.45) is 4.66. The van der Waals surface area contributed by atoms with E-state index in [1.807, 2.05) is 0 Å². The number of piperidine rings is 1. The van der Waals surface area contributed by atoms with Crippen molar-refractivity contribution in [3.8, 4) is 0 Å². The van der Waals surface area contributed by atoms with Gasteiger partial charge in [0.2, 0.25) is 0 Å². The third-order valence-corrected chi connectivity index (χ3v) is 3.88. The monoisotopic (exact) mass is 265 g/mol. The van der Waals surface area contributed by atoms with Crippen LogP contribution < -0.4 is 0 Å². The molecule has 0 spiro atoms. The number of nitro groups is 1. The molecule has 0 aromatic carbocycles. The van der Waals surface area contributed by atoms with Crippen molar-refractivity contribution in [2.45, 2.75) is 45.2 Å². The first-order valence-corrected chi connectivity index (χ1v) is 6.60. The Morgan fingerprint density at radius 2 is 2.11 bits per heavy atom.